The maximum absolute atomic E-state index is 11.0. The standard InChI is InChI=1S/C42H38O6/c1-2-28-21-22-37-38(23-28)42(48-27-32(44)25-46-40-20-10-14-30-12-4-6-16-34(30)40)36-18-8-7-17-35(36)41(37)47-26-31(43)24-45-39-19-9-13-29-11-3-5-15-33(29)39/h3-23,31-32,43-44H,2,24-27H2,1H3. The summed E-state index contributed by atoms with van der Waals surface area (Å²) >= 11 is 0. The summed E-state index contributed by atoms with van der Waals surface area (Å²) in [5.41, 5.74) is 1.15. The Labute approximate surface area is 279 Å². The van der Waals surface area contributed by atoms with E-state index in [0.717, 1.165) is 66.6 Å². The van der Waals surface area contributed by atoms with Gasteiger partial charge in [0, 0.05) is 32.3 Å². The lowest BCUT2D eigenvalue weighted by Crippen LogP contribution is -2.25. The number of ether oxygens (including phenoxy) is 4. The number of fused-ring (bicyclic) bond motifs is 4. The summed E-state index contributed by atoms with van der Waals surface area (Å²) in [6.07, 6.45) is -0.870. The second-order valence-electron chi connectivity index (χ2n) is 11.9. The van der Waals surface area contributed by atoms with Crippen LogP contribution in [0.1, 0.15) is 12.5 Å². The van der Waals surface area contributed by atoms with Crippen molar-refractivity contribution in [3.05, 3.63) is 133 Å². The summed E-state index contributed by atoms with van der Waals surface area (Å²) in [5, 5.41) is 29.5. The lowest BCUT2D eigenvalue weighted by Gasteiger charge is -2.21. The summed E-state index contributed by atoms with van der Waals surface area (Å²) < 4.78 is 24.9. The van der Waals surface area contributed by atoms with Crippen LogP contribution in [-0.2, 0) is 6.42 Å². The molecule has 0 saturated heterocycles. The van der Waals surface area contributed by atoms with Gasteiger partial charge in [0.2, 0.25) is 0 Å². The van der Waals surface area contributed by atoms with Crippen molar-refractivity contribution in [2.45, 2.75) is 25.6 Å². The van der Waals surface area contributed by atoms with Crippen molar-refractivity contribution in [2.75, 3.05) is 26.4 Å². The first-order valence-electron chi connectivity index (χ1n) is 16.4. The van der Waals surface area contributed by atoms with Crippen LogP contribution in [0.2, 0.25) is 0 Å². The zero-order valence-corrected chi connectivity index (χ0v) is 26.8. The molecule has 6 nitrogen and oxygen atoms in total. The van der Waals surface area contributed by atoms with Crippen LogP contribution < -0.4 is 18.9 Å². The van der Waals surface area contributed by atoms with E-state index in [1.165, 1.54) is 0 Å². The molecule has 0 aliphatic rings. The van der Waals surface area contributed by atoms with Gasteiger partial charge in [0.25, 0.3) is 0 Å². The highest BCUT2D eigenvalue weighted by molar-refractivity contribution is 6.11. The van der Waals surface area contributed by atoms with Gasteiger partial charge in [0.05, 0.1) is 0 Å². The van der Waals surface area contributed by atoms with E-state index < -0.39 is 12.2 Å². The average molecular weight is 639 g/mol. The molecule has 0 spiro atoms. The largest absolute Gasteiger partial charge is 0.490 e. The number of aryl methyl sites for hydroxylation is 1. The number of aliphatic hydroxyl groups excluding tert-OH is 2. The predicted molar refractivity (Wildman–Crippen MR) is 193 cm³/mol. The summed E-state index contributed by atoms with van der Waals surface area (Å²) in [5.74, 6) is 2.79. The first-order chi connectivity index (χ1) is 23.6. The Hall–Kier alpha value is -5.30. The van der Waals surface area contributed by atoms with Gasteiger partial charge in [-0.25, -0.2) is 0 Å². The van der Waals surface area contributed by atoms with Gasteiger partial charge >= 0.3 is 0 Å². The van der Waals surface area contributed by atoms with E-state index in [9.17, 15) is 10.2 Å². The van der Waals surface area contributed by atoms with Crippen LogP contribution in [0.4, 0.5) is 0 Å². The maximum Gasteiger partial charge on any atom is 0.135 e. The number of aliphatic hydroxyl groups is 2. The van der Waals surface area contributed by atoms with Gasteiger partial charge in [-0.15, -0.1) is 0 Å². The third-order valence-electron chi connectivity index (χ3n) is 8.60. The molecule has 7 aromatic rings. The molecule has 48 heavy (non-hydrogen) atoms. The first-order valence-corrected chi connectivity index (χ1v) is 16.4. The third kappa shape index (κ3) is 6.58. The van der Waals surface area contributed by atoms with Crippen LogP contribution in [0.5, 0.6) is 23.0 Å². The Morgan fingerprint density at radius 3 is 1.38 bits per heavy atom. The molecule has 2 unspecified atom stereocenters. The van der Waals surface area contributed by atoms with Gasteiger partial charge in [-0.2, -0.15) is 0 Å². The lowest BCUT2D eigenvalue weighted by atomic mass is 9.98. The summed E-state index contributed by atoms with van der Waals surface area (Å²) in [6, 6.07) is 42.0. The van der Waals surface area contributed by atoms with Gasteiger partial charge in [0.1, 0.15) is 61.6 Å². The topological polar surface area (TPSA) is 77.4 Å². The minimum Gasteiger partial charge on any atom is -0.490 e. The fraction of sp³-hybridized carbons (Fsp3) is 0.190. The molecule has 6 heteroatoms. The van der Waals surface area contributed by atoms with Crippen LogP contribution in [0.25, 0.3) is 43.1 Å². The average Bonchev–Trinajstić information content (AvgIpc) is 3.14. The SMILES string of the molecule is CCc1ccc2c(OCC(O)COc3cccc4ccccc34)c3ccccc3c(OCC(O)COc3cccc4ccccc34)c2c1. The van der Waals surface area contributed by atoms with Crippen molar-refractivity contribution in [2.24, 2.45) is 0 Å². The molecule has 0 aliphatic carbocycles. The Morgan fingerprint density at radius 2 is 0.854 bits per heavy atom. The molecule has 0 fully saturated rings. The Kier molecular flexibility index (Phi) is 9.27. The van der Waals surface area contributed by atoms with Gasteiger partial charge in [0.15, 0.2) is 0 Å². The zero-order chi connectivity index (χ0) is 32.9. The predicted octanol–water partition coefficient (Wildman–Crippen LogP) is 8.50. The summed E-state index contributed by atoms with van der Waals surface area (Å²) in [7, 11) is 0. The molecule has 0 radical (unpaired) electrons. The van der Waals surface area contributed by atoms with Gasteiger partial charge < -0.3 is 29.2 Å². The molecular formula is C42H38O6. The molecule has 7 aromatic carbocycles. The van der Waals surface area contributed by atoms with E-state index in [1.807, 2.05) is 115 Å². The highest BCUT2D eigenvalue weighted by Crippen LogP contribution is 2.43. The van der Waals surface area contributed by atoms with Crippen molar-refractivity contribution in [3.63, 3.8) is 0 Å². The summed E-state index contributed by atoms with van der Waals surface area (Å²) in [6.45, 7) is 2.38. The van der Waals surface area contributed by atoms with Crippen LogP contribution in [0.15, 0.2) is 127 Å². The monoisotopic (exact) mass is 638 g/mol. The Bertz CT molecular complexity index is 2180. The smallest absolute Gasteiger partial charge is 0.135 e. The molecule has 0 bridgehead atoms. The van der Waals surface area contributed by atoms with E-state index in [2.05, 4.69) is 19.1 Å². The van der Waals surface area contributed by atoms with Crippen molar-refractivity contribution in [3.8, 4) is 23.0 Å². The van der Waals surface area contributed by atoms with Crippen molar-refractivity contribution in [1.82, 2.24) is 0 Å². The molecule has 2 atom stereocenters. The van der Waals surface area contributed by atoms with Crippen LogP contribution in [0.3, 0.4) is 0 Å². The molecule has 0 aliphatic heterocycles. The molecule has 7 rings (SSSR count). The number of hydrogen-bond acceptors (Lipinski definition) is 6. The van der Waals surface area contributed by atoms with Gasteiger partial charge in [-0.1, -0.05) is 116 Å². The fourth-order valence-electron chi connectivity index (χ4n) is 6.15. The molecule has 0 heterocycles. The molecule has 0 amide bonds. The second-order valence-corrected chi connectivity index (χ2v) is 11.9. The number of hydrogen-bond donors (Lipinski definition) is 2. The number of rotatable bonds is 13. The van der Waals surface area contributed by atoms with Crippen LogP contribution in [0, 0.1) is 0 Å². The number of benzene rings is 7. The molecule has 0 aromatic heterocycles. The van der Waals surface area contributed by atoms with E-state index in [0.29, 0.717) is 11.5 Å². The molecule has 2 N–H and O–H groups in total. The highest BCUT2D eigenvalue weighted by atomic mass is 16.5. The third-order valence-corrected chi connectivity index (χ3v) is 8.60. The van der Waals surface area contributed by atoms with E-state index in [-0.39, 0.29) is 26.4 Å². The van der Waals surface area contributed by atoms with E-state index in [1.54, 1.807) is 0 Å². The Morgan fingerprint density at radius 1 is 0.438 bits per heavy atom. The maximum atomic E-state index is 11.0. The Balaban J connectivity index is 1.10. The fourth-order valence-corrected chi connectivity index (χ4v) is 6.15. The first kappa shape index (κ1) is 31.3. The molecular weight excluding hydrogens is 600 g/mol. The summed E-state index contributed by atoms with van der Waals surface area (Å²) in [4.78, 5) is 0. The zero-order valence-electron chi connectivity index (χ0n) is 26.8. The normalized spacial score (nSPS) is 12.7. The second kappa shape index (κ2) is 14.2. The van der Waals surface area contributed by atoms with E-state index in [4.69, 9.17) is 18.9 Å². The van der Waals surface area contributed by atoms with Crippen molar-refractivity contribution < 1.29 is 29.2 Å². The lowest BCUT2D eigenvalue weighted by molar-refractivity contribution is 0.0634. The molecule has 242 valence electrons. The quantitative estimate of drug-likeness (QED) is 0.123. The van der Waals surface area contributed by atoms with Gasteiger partial charge in [-0.05, 0) is 41.0 Å². The van der Waals surface area contributed by atoms with Crippen molar-refractivity contribution in [1.29, 1.82) is 0 Å². The minimum atomic E-state index is -0.861. The van der Waals surface area contributed by atoms with Crippen molar-refractivity contribution >= 4 is 43.1 Å². The highest BCUT2D eigenvalue weighted by Gasteiger charge is 2.19. The van der Waals surface area contributed by atoms with Crippen LogP contribution >= 0.6 is 0 Å². The van der Waals surface area contributed by atoms with Crippen LogP contribution in [-0.4, -0.2) is 48.8 Å². The van der Waals surface area contributed by atoms with E-state index >= 15 is 0 Å². The minimum absolute atomic E-state index is 0.0455. The molecule has 0 saturated carbocycles. The van der Waals surface area contributed by atoms with Gasteiger partial charge in [-0.3, -0.25) is 0 Å².